The SMILES string of the molecule is Cc1ccc(CNc2cnnc(NCCN(C)C)n2)cc1. The summed E-state index contributed by atoms with van der Waals surface area (Å²) in [6, 6.07) is 8.41. The van der Waals surface area contributed by atoms with Gasteiger partial charge in [0.05, 0.1) is 6.20 Å². The lowest BCUT2D eigenvalue weighted by atomic mass is 10.1. The van der Waals surface area contributed by atoms with Crippen molar-refractivity contribution in [1.82, 2.24) is 20.1 Å². The minimum Gasteiger partial charge on any atom is -0.365 e. The largest absolute Gasteiger partial charge is 0.365 e. The van der Waals surface area contributed by atoms with Crippen LogP contribution < -0.4 is 10.6 Å². The summed E-state index contributed by atoms with van der Waals surface area (Å²) in [6.07, 6.45) is 1.63. The molecule has 6 heteroatoms. The zero-order chi connectivity index (χ0) is 15.1. The van der Waals surface area contributed by atoms with Gasteiger partial charge >= 0.3 is 0 Å². The lowest BCUT2D eigenvalue weighted by molar-refractivity contribution is 0.425. The number of nitrogens with one attached hydrogen (secondary N) is 2. The molecule has 0 saturated heterocycles. The van der Waals surface area contributed by atoms with Crippen molar-refractivity contribution in [2.24, 2.45) is 0 Å². The van der Waals surface area contributed by atoms with Gasteiger partial charge in [-0.3, -0.25) is 0 Å². The van der Waals surface area contributed by atoms with Crippen LogP contribution in [0.3, 0.4) is 0 Å². The Bertz CT molecular complexity index is 552. The highest BCUT2D eigenvalue weighted by Crippen LogP contribution is 2.08. The summed E-state index contributed by atoms with van der Waals surface area (Å²) in [6.45, 7) is 4.51. The van der Waals surface area contributed by atoms with E-state index in [9.17, 15) is 0 Å². The Morgan fingerprint density at radius 3 is 2.57 bits per heavy atom. The molecule has 1 aromatic heterocycles. The molecule has 0 amide bonds. The van der Waals surface area contributed by atoms with Gasteiger partial charge in [-0.05, 0) is 26.6 Å². The second-order valence-electron chi connectivity index (χ2n) is 5.23. The van der Waals surface area contributed by atoms with Crippen molar-refractivity contribution < 1.29 is 0 Å². The van der Waals surface area contributed by atoms with Gasteiger partial charge in [0, 0.05) is 19.6 Å². The van der Waals surface area contributed by atoms with Crippen molar-refractivity contribution in [3.05, 3.63) is 41.6 Å². The van der Waals surface area contributed by atoms with Crippen LogP contribution >= 0.6 is 0 Å². The Balaban J connectivity index is 1.87. The summed E-state index contributed by atoms with van der Waals surface area (Å²) in [5, 5.41) is 14.3. The fourth-order valence-electron chi connectivity index (χ4n) is 1.75. The van der Waals surface area contributed by atoms with E-state index in [0.29, 0.717) is 5.95 Å². The molecule has 0 radical (unpaired) electrons. The number of anilines is 2. The number of aryl methyl sites for hydroxylation is 1. The van der Waals surface area contributed by atoms with E-state index in [1.54, 1.807) is 6.20 Å². The Kier molecular flexibility index (Phi) is 5.45. The lowest BCUT2D eigenvalue weighted by Crippen LogP contribution is -2.21. The summed E-state index contributed by atoms with van der Waals surface area (Å²) in [5.41, 5.74) is 2.47. The third-order valence-corrected chi connectivity index (χ3v) is 3.00. The smallest absolute Gasteiger partial charge is 0.244 e. The molecule has 0 unspecified atom stereocenters. The minimum atomic E-state index is 0.547. The number of hydrogen-bond acceptors (Lipinski definition) is 6. The summed E-state index contributed by atoms with van der Waals surface area (Å²) < 4.78 is 0. The zero-order valence-corrected chi connectivity index (χ0v) is 12.8. The van der Waals surface area contributed by atoms with E-state index in [0.717, 1.165) is 25.5 Å². The maximum Gasteiger partial charge on any atom is 0.244 e. The van der Waals surface area contributed by atoms with Crippen LogP contribution in [0.15, 0.2) is 30.5 Å². The number of hydrogen-bond donors (Lipinski definition) is 2. The van der Waals surface area contributed by atoms with Gasteiger partial charge in [-0.25, -0.2) is 0 Å². The molecule has 0 aliphatic heterocycles. The quantitative estimate of drug-likeness (QED) is 0.808. The molecule has 112 valence electrons. The van der Waals surface area contributed by atoms with Gasteiger partial charge in [0.1, 0.15) is 0 Å². The van der Waals surface area contributed by atoms with Gasteiger partial charge in [-0.2, -0.15) is 10.1 Å². The zero-order valence-electron chi connectivity index (χ0n) is 12.8. The topological polar surface area (TPSA) is 66.0 Å². The van der Waals surface area contributed by atoms with Crippen LogP contribution in [0.4, 0.5) is 11.8 Å². The molecule has 1 heterocycles. The second kappa shape index (κ2) is 7.54. The van der Waals surface area contributed by atoms with Crippen molar-refractivity contribution >= 4 is 11.8 Å². The van der Waals surface area contributed by atoms with Crippen LogP contribution in [0.25, 0.3) is 0 Å². The molecule has 0 aliphatic carbocycles. The fraction of sp³-hybridized carbons (Fsp3) is 0.400. The molecule has 21 heavy (non-hydrogen) atoms. The van der Waals surface area contributed by atoms with Crippen LogP contribution in [0.2, 0.25) is 0 Å². The molecule has 0 atom stereocenters. The van der Waals surface area contributed by atoms with Crippen LogP contribution in [0.5, 0.6) is 0 Å². The highest BCUT2D eigenvalue weighted by molar-refractivity contribution is 5.38. The predicted molar refractivity (Wildman–Crippen MR) is 85.4 cm³/mol. The van der Waals surface area contributed by atoms with E-state index in [4.69, 9.17) is 0 Å². The van der Waals surface area contributed by atoms with Gasteiger partial charge < -0.3 is 15.5 Å². The highest BCUT2D eigenvalue weighted by atomic mass is 15.3. The molecule has 2 aromatic rings. The average molecular weight is 286 g/mol. The van der Waals surface area contributed by atoms with Gasteiger partial charge in [0.15, 0.2) is 5.82 Å². The van der Waals surface area contributed by atoms with Gasteiger partial charge in [-0.15, -0.1) is 5.10 Å². The molecule has 0 spiro atoms. The van der Waals surface area contributed by atoms with Crippen molar-refractivity contribution in [2.45, 2.75) is 13.5 Å². The molecule has 1 aromatic carbocycles. The van der Waals surface area contributed by atoms with Crippen LogP contribution in [0, 0.1) is 6.92 Å². The van der Waals surface area contributed by atoms with Gasteiger partial charge in [0.25, 0.3) is 0 Å². The molecular weight excluding hydrogens is 264 g/mol. The Hall–Kier alpha value is -2.21. The number of rotatable bonds is 7. The van der Waals surface area contributed by atoms with E-state index in [1.165, 1.54) is 11.1 Å². The molecule has 6 nitrogen and oxygen atoms in total. The van der Waals surface area contributed by atoms with Crippen molar-refractivity contribution in [1.29, 1.82) is 0 Å². The Labute approximate surface area is 125 Å². The first-order valence-electron chi connectivity index (χ1n) is 7.01. The number of likely N-dealkylation sites (N-methyl/N-ethyl adjacent to an activating group) is 1. The molecule has 2 N–H and O–H groups in total. The van der Waals surface area contributed by atoms with Gasteiger partial charge in [-0.1, -0.05) is 29.8 Å². The first-order valence-corrected chi connectivity index (χ1v) is 7.01. The van der Waals surface area contributed by atoms with Crippen LogP contribution in [-0.4, -0.2) is 47.3 Å². The van der Waals surface area contributed by atoms with E-state index >= 15 is 0 Å². The van der Waals surface area contributed by atoms with Gasteiger partial charge in [0.2, 0.25) is 5.95 Å². The maximum absolute atomic E-state index is 4.39. The van der Waals surface area contributed by atoms with E-state index in [2.05, 4.69) is 61.9 Å². The summed E-state index contributed by atoms with van der Waals surface area (Å²) >= 11 is 0. The van der Waals surface area contributed by atoms with E-state index in [-0.39, 0.29) is 0 Å². The summed E-state index contributed by atoms with van der Waals surface area (Å²) in [5.74, 6) is 1.27. The molecule has 0 fully saturated rings. The third-order valence-electron chi connectivity index (χ3n) is 3.00. The normalized spacial score (nSPS) is 10.7. The number of nitrogens with zero attached hydrogens (tertiary/aromatic N) is 4. The van der Waals surface area contributed by atoms with Crippen LogP contribution in [-0.2, 0) is 6.54 Å². The van der Waals surface area contributed by atoms with E-state index < -0.39 is 0 Å². The lowest BCUT2D eigenvalue weighted by Gasteiger charge is -2.10. The minimum absolute atomic E-state index is 0.547. The van der Waals surface area contributed by atoms with Crippen LogP contribution in [0.1, 0.15) is 11.1 Å². The monoisotopic (exact) mass is 286 g/mol. The average Bonchev–Trinajstić information content (AvgIpc) is 2.47. The third kappa shape index (κ3) is 5.35. The van der Waals surface area contributed by atoms with Crippen molar-refractivity contribution in [3.63, 3.8) is 0 Å². The summed E-state index contributed by atoms with van der Waals surface area (Å²) in [7, 11) is 4.06. The standard InChI is InChI=1S/C15H22N6/c1-12-4-6-13(7-5-12)10-17-14-11-18-20-15(19-14)16-8-9-21(2)3/h4-7,11H,8-10H2,1-3H3,(H2,16,17,19,20). The maximum atomic E-state index is 4.39. The fourth-order valence-corrected chi connectivity index (χ4v) is 1.75. The summed E-state index contributed by atoms with van der Waals surface area (Å²) in [4.78, 5) is 6.49. The molecule has 0 aliphatic rings. The Morgan fingerprint density at radius 2 is 1.86 bits per heavy atom. The molecule has 0 saturated carbocycles. The molecule has 0 bridgehead atoms. The molecular formula is C15H22N6. The highest BCUT2D eigenvalue weighted by Gasteiger charge is 2.00. The predicted octanol–water partition coefficient (Wildman–Crippen LogP) is 1.77. The van der Waals surface area contributed by atoms with Crippen molar-refractivity contribution in [3.8, 4) is 0 Å². The first kappa shape index (κ1) is 15.2. The number of benzene rings is 1. The second-order valence-corrected chi connectivity index (χ2v) is 5.23. The number of aromatic nitrogens is 3. The van der Waals surface area contributed by atoms with Crippen molar-refractivity contribution in [2.75, 3.05) is 37.8 Å². The van der Waals surface area contributed by atoms with E-state index in [1.807, 2.05) is 14.1 Å². The molecule has 2 rings (SSSR count). The first-order chi connectivity index (χ1) is 10.1. The Morgan fingerprint density at radius 1 is 1.10 bits per heavy atom.